The van der Waals surface area contributed by atoms with Crippen LogP contribution in [0.1, 0.15) is 36.5 Å². The zero-order chi connectivity index (χ0) is 14.8. The molecular formula is C17H18O3. The van der Waals surface area contributed by atoms with Gasteiger partial charge >= 0.3 is 5.97 Å². The number of carbonyl (C=O) groups is 1. The first-order chi connectivity index (χ1) is 9.43. The molecule has 104 valence electrons. The SMILES string of the molecule is C[C@@H](C(=O)O)c1cccc(C(C)(O)c2ccccc2)c1. The zero-order valence-electron chi connectivity index (χ0n) is 11.6. The van der Waals surface area contributed by atoms with Crippen LogP contribution in [0.5, 0.6) is 0 Å². The van der Waals surface area contributed by atoms with Crippen LogP contribution in [0.2, 0.25) is 0 Å². The van der Waals surface area contributed by atoms with Crippen molar-refractivity contribution in [2.75, 3.05) is 0 Å². The summed E-state index contributed by atoms with van der Waals surface area (Å²) in [5.74, 6) is -1.47. The molecular weight excluding hydrogens is 252 g/mol. The van der Waals surface area contributed by atoms with Gasteiger partial charge < -0.3 is 10.2 Å². The Balaban J connectivity index is 2.43. The van der Waals surface area contributed by atoms with Crippen LogP contribution in [-0.4, -0.2) is 16.2 Å². The Morgan fingerprint density at radius 2 is 1.65 bits per heavy atom. The van der Waals surface area contributed by atoms with Crippen molar-refractivity contribution in [2.45, 2.75) is 25.4 Å². The molecule has 2 aromatic rings. The predicted octanol–water partition coefficient (Wildman–Crippen LogP) is 3.13. The van der Waals surface area contributed by atoms with Crippen LogP contribution >= 0.6 is 0 Å². The minimum absolute atomic E-state index is 0.596. The highest BCUT2D eigenvalue weighted by Crippen LogP contribution is 2.30. The van der Waals surface area contributed by atoms with E-state index >= 15 is 0 Å². The van der Waals surface area contributed by atoms with Crippen molar-refractivity contribution in [3.8, 4) is 0 Å². The number of carboxylic acid groups (broad SMARTS) is 1. The van der Waals surface area contributed by atoms with Crippen molar-refractivity contribution in [3.63, 3.8) is 0 Å². The highest BCUT2D eigenvalue weighted by Gasteiger charge is 2.26. The van der Waals surface area contributed by atoms with Crippen LogP contribution in [0.15, 0.2) is 54.6 Å². The molecule has 0 amide bonds. The maximum absolute atomic E-state index is 11.1. The number of carboxylic acids is 1. The summed E-state index contributed by atoms with van der Waals surface area (Å²) in [5, 5.41) is 19.8. The molecule has 2 aromatic carbocycles. The molecule has 0 aliphatic rings. The lowest BCUT2D eigenvalue weighted by Gasteiger charge is -2.25. The fraction of sp³-hybridized carbons (Fsp3) is 0.235. The molecule has 1 unspecified atom stereocenters. The highest BCUT2D eigenvalue weighted by atomic mass is 16.4. The molecule has 2 atom stereocenters. The normalized spacial score (nSPS) is 15.3. The van der Waals surface area contributed by atoms with Gasteiger partial charge in [0.25, 0.3) is 0 Å². The second-order valence-corrected chi connectivity index (χ2v) is 5.12. The second-order valence-electron chi connectivity index (χ2n) is 5.12. The molecule has 0 heterocycles. The monoisotopic (exact) mass is 270 g/mol. The molecule has 0 saturated carbocycles. The number of aliphatic carboxylic acids is 1. The Hall–Kier alpha value is -2.13. The van der Waals surface area contributed by atoms with E-state index in [0.29, 0.717) is 11.1 Å². The number of hydrogen-bond donors (Lipinski definition) is 2. The molecule has 0 saturated heterocycles. The Morgan fingerprint density at radius 3 is 2.25 bits per heavy atom. The molecule has 2 N–H and O–H groups in total. The van der Waals surface area contributed by atoms with Crippen molar-refractivity contribution < 1.29 is 15.0 Å². The van der Waals surface area contributed by atoms with Gasteiger partial charge in [-0.25, -0.2) is 0 Å². The quantitative estimate of drug-likeness (QED) is 0.897. The topological polar surface area (TPSA) is 57.5 Å². The van der Waals surface area contributed by atoms with Gasteiger partial charge in [0.2, 0.25) is 0 Å². The van der Waals surface area contributed by atoms with Crippen molar-refractivity contribution in [1.82, 2.24) is 0 Å². The minimum Gasteiger partial charge on any atom is -0.481 e. The van der Waals surface area contributed by atoms with E-state index in [0.717, 1.165) is 5.56 Å². The largest absolute Gasteiger partial charge is 0.481 e. The van der Waals surface area contributed by atoms with E-state index in [-0.39, 0.29) is 0 Å². The van der Waals surface area contributed by atoms with Crippen LogP contribution in [0.3, 0.4) is 0 Å². The van der Waals surface area contributed by atoms with Gasteiger partial charge in [-0.05, 0) is 30.5 Å². The summed E-state index contributed by atoms with van der Waals surface area (Å²) in [4.78, 5) is 11.1. The Morgan fingerprint density at radius 1 is 1.05 bits per heavy atom. The molecule has 2 rings (SSSR count). The molecule has 0 aromatic heterocycles. The van der Waals surface area contributed by atoms with Gasteiger partial charge in [0.15, 0.2) is 0 Å². The summed E-state index contributed by atoms with van der Waals surface area (Å²) in [6.45, 7) is 3.35. The summed E-state index contributed by atoms with van der Waals surface area (Å²) >= 11 is 0. The van der Waals surface area contributed by atoms with Gasteiger partial charge in [-0.15, -0.1) is 0 Å². The summed E-state index contributed by atoms with van der Waals surface area (Å²) in [6, 6.07) is 16.5. The number of hydrogen-bond acceptors (Lipinski definition) is 2. The lowest BCUT2D eigenvalue weighted by Crippen LogP contribution is -2.23. The number of rotatable bonds is 4. The zero-order valence-corrected chi connectivity index (χ0v) is 11.6. The average Bonchev–Trinajstić information content (AvgIpc) is 2.47. The first kappa shape index (κ1) is 14.3. The van der Waals surface area contributed by atoms with Gasteiger partial charge in [0.05, 0.1) is 5.92 Å². The molecule has 0 aliphatic heterocycles. The van der Waals surface area contributed by atoms with E-state index in [9.17, 15) is 9.90 Å². The summed E-state index contributed by atoms with van der Waals surface area (Å²) in [7, 11) is 0. The van der Waals surface area contributed by atoms with Crippen molar-refractivity contribution >= 4 is 5.97 Å². The standard InChI is InChI=1S/C17H18O3/c1-12(16(18)19)13-7-6-10-15(11-13)17(2,20)14-8-4-3-5-9-14/h3-12,20H,1-2H3,(H,18,19)/t12-,17?/m1/s1. The lowest BCUT2D eigenvalue weighted by molar-refractivity contribution is -0.138. The predicted molar refractivity (Wildman–Crippen MR) is 77.6 cm³/mol. The Labute approximate surface area is 118 Å². The summed E-state index contributed by atoms with van der Waals surface area (Å²) < 4.78 is 0. The Bertz CT molecular complexity index is 603. The van der Waals surface area contributed by atoms with Gasteiger partial charge in [0.1, 0.15) is 5.60 Å². The molecule has 3 nitrogen and oxygen atoms in total. The lowest BCUT2D eigenvalue weighted by atomic mass is 9.86. The van der Waals surface area contributed by atoms with E-state index < -0.39 is 17.5 Å². The third-order valence-electron chi connectivity index (χ3n) is 3.66. The number of benzene rings is 2. The third-order valence-corrected chi connectivity index (χ3v) is 3.66. The van der Waals surface area contributed by atoms with Crippen LogP contribution in [0, 0.1) is 0 Å². The highest BCUT2D eigenvalue weighted by molar-refractivity contribution is 5.75. The van der Waals surface area contributed by atoms with Crippen LogP contribution < -0.4 is 0 Å². The van der Waals surface area contributed by atoms with Crippen molar-refractivity contribution in [3.05, 3.63) is 71.3 Å². The third kappa shape index (κ3) is 2.73. The van der Waals surface area contributed by atoms with Crippen LogP contribution in [0.4, 0.5) is 0 Å². The first-order valence-corrected chi connectivity index (χ1v) is 6.54. The first-order valence-electron chi connectivity index (χ1n) is 6.54. The maximum Gasteiger partial charge on any atom is 0.310 e. The second kappa shape index (κ2) is 5.47. The molecule has 0 aliphatic carbocycles. The van der Waals surface area contributed by atoms with E-state index in [1.54, 1.807) is 32.0 Å². The molecule has 20 heavy (non-hydrogen) atoms. The molecule has 0 radical (unpaired) electrons. The van der Waals surface area contributed by atoms with Crippen molar-refractivity contribution in [2.24, 2.45) is 0 Å². The van der Waals surface area contributed by atoms with Crippen LogP contribution in [0.25, 0.3) is 0 Å². The fourth-order valence-electron chi connectivity index (χ4n) is 2.18. The van der Waals surface area contributed by atoms with Gasteiger partial charge in [-0.2, -0.15) is 0 Å². The average molecular weight is 270 g/mol. The molecule has 3 heteroatoms. The fourth-order valence-corrected chi connectivity index (χ4v) is 2.18. The smallest absolute Gasteiger partial charge is 0.310 e. The van der Waals surface area contributed by atoms with Gasteiger partial charge in [-0.1, -0.05) is 54.6 Å². The molecule has 0 spiro atoms. The van der Waals surface area contributed by atoms with E-state index in [1.807, 2.05) is 36.4 Å². The van der Waals surface area contributed by atoms with Crippen molar-refractivity contribution in [1.29, 1.82) is 0 Å². The van der Waals surface area contributed by atoms with Crippen LogP contribution in [-0.2, 0) is 10.4 Å². The number of aliphatic hydroxyl groups is 1. The van der Waals surface area contributed by atoms with E-state index in [2.05, 4.69) is 0 Å². The minimum atomic E-state index is -1.14. The maximum atomic E-state index is 11.1. The van der Waals surface area contributed by atoms with E-state index in [4.69, 9.17) is 5.11 Å². The summed E-state index contributed by atoms with van der Waals surface area (Å²) in [5.41, 5.74) is 1.01. The van der Waals surface area contributed by atoms with E-state index in [1.165, 1.54) is 0 Å². The Kier molecular flexibility index (Phi) is 3.91. The van der Waals surface area contributed by atoms with Gasteiger partial charge in [0, 0.05) is 0 Å². The molecule has 0 fully saturated rings. The van der Waals surface area contributed by atoms with Gasteiger partial charge in [-0.3, -0.25) is 4.79 Å². The summed E-state index contributed by atoms with van der Waals surface area (Å²) in [6.07, 6.45) is 0. The molecule has 0 bridgehead atoms.